The van der Waals surface area contributed by atoms with E-state index in [0.717, 1.165) is 61.9 Å². The Morgan fingerprint density at radius 2 is 0.676 bits per heavy atom. The molecule has 0 radical (unpaired) electrons. The Balaban J connectivity index is 0.881. The van der Waals surface area contributed by atoms with Gasteiger partial charge in [0.15, 0.2) is 0 Å². The molecule has 16 rings (SSSR count). The van der Waals surface area contributed by atoms with Crippen LogP contribution < -0.4 is 25.9 Å². The van der Waals surface area contributed by atoms with Crippen molar-refractivity contribution in [2.24, 2.45) is 0 Å². The van der Waals surface area contributed by atoms with E-state index in [1.165, 1.54) is 88.1 Å². The minimum Gasteiger partial charge on any atom is -0.458 e. The van der Waals surface area contributed by atoms with E-state index >= 15 is 0 Å². The van der Waals surface area contributed by atoms with Crippen LogP contribution in [0.25, 0.3) is 111 Å². The van der Waals surface area contributed by atoms with Gasteiger partial charge in [-0.05, 0) is 145 Å². The zero-order valence-corrected chi connectivity index (χ0v) is 38.3. The average molecular weight is 903 g/mol. The van der Waals surface area contributed by atoms with Crippen LogP contribution in [0.5, 0.6) is 23.0 Å². The van der Waals surface area contributed by atoms with E-state index in [1.54, 1.807) is 0 Å². The summed E-state index contributed by atoms with van der Waals surface area (Å²) in [6.45, 7) is 0.0272. The number of rotatable bonds is 3. The summed E-state index contributed by atoms with van der Waals surface area (Å²) in [7, 11) is 0. The van der Waals surface area contributed by atoms with Crippen LogP contribution in [0.3, 0.4) is 0 Å². The van der Waals surface area contributed by atoms with E-state index in [4.69, 9.17) is 9.47 Å². The molecule has 4 nitrogen and oxygen atoms in total. The van der Waals surface area contributed by atoms with Gasteiger partial charge in [-0.3, -0.25) is 0 Å². The van der Waals surface area contributed by atoms with E-state index in [1.807, 2.05) is 0 Å². The Hall–Kier alpha value is -9.32. The van der Waals surface area contributed by atoms with E-state index in [2.05, 4.69) is 246 Å². The van der Waals surface area contributed by atoms with Crippen molar-refractivity contribution in [3.05, 3.63) is 237 Å². The molecule has 11 aromatic carbocycles. The molecule has 0 spiro atoms. The average Bonchev–Trinajstić information content (AvgIpc) is 3.95. The monoisotopic (exact) mass is 902 g/mol. The van der Waals surface area contributed by atoms with Crippen molar-refractivity contribution in [3.8, 4) is 90.0 Å². The van der Waals surface area contributed by atoms with E-state index in [0.29, 0.717) is 0 Å². The van der Waals surface area contributed by atoms with Crippen LogP contribution in [0.15, 0.2) is 237 Å². The molecule has 5 heteroatoms. The van der Waals surface area contributed by atoms with Gasteiger partial charge in [-0.25, -0.2) is 0 Å². The minimum absolute atomic E-state index is 0.0272. The predicted molar refractivity (Wildman–Crippen MR) is 294 cm³/mol. The third-order valence-corrected chi connectivity index (χ3v) is 15.4. The van der Waals surface area contributed by atoms with Gasteiger partial charge in [-0.2, -0.15) is 0 Å². The van der Waals surface area contributed by atoms with Crippen molar-refractivity contribution in [2.45, 2.75) is 0 Å². The SMILES string of the molecule is c1ccc2c(c1)Oc1cc(-c3ccc4c(c3)-c3ccccc3-c3ccccc3-c3cc(-n5c6ccccc6c6cc(-n7c8ccccc8c8ccccc87)ccc65)ccc3-4)cc3c1B2c1ccccc1O3. The van der Waals surface area contributed by atoms with E-state index in [-0.39, 0.29) is 6.71 Å². The standard InChI is InChI=1S/C66H39BN2O2/c1-3-17-46-44(15-1)45-16-2-4-18-47(45)54-38-42(69-60-26-12-7-21-52(60)55-39-43(31-34-61(55)69)68-58-24-10-5-19-50(58)51-20-6-11-25-59(51)68)30-33-49(54)48-32-29-40(35-53(46)48)41-36-64-66-65(37-41)71-63-28-14-9-23-57(63)67(66)56-22-8-13-27-62(56)70-64/h1-39H. The molecule has 0 saturated heterocycles. The fourth-order valence-electron chi connectivity index (χ4n) is 12.4. The number of hydrogen-bond donors (Lipinski definition) is 0. The maximum atomic E-state index is 6.76. The Morgan fingerprint density at radius 1 is 0.268 bits per heavy atom. The zero-order valence-electron chi connectivity index (χ0n) is 38.3. The Morgan fingerprint density at radius 3 is 1.25 bits per heavy atom. The van der Waals surface area contributed by atoms with Gasteiger partial charge in [0.25, 0.3) is 6.71 Å². The van der Waals surface area contributed by atoms with Crippen molar-refractivity contribution in [1.82, 2.24) is 9.13 Å². The number of hydrogen-bond acceptors (Lipinski definition) is 2. The van der Waals surface area contributed by atoms with Gasteiger partial charge in [0.2, 0.25) is 0 Å². The molecule has 4 heterocycles. The first kappa shape index (κ1) is 38.6. The molecule has 0 N–H and O–H groups in total. The molecular weight excluding hydrogens is 864 g/mol. The van der Waals surface area contributed by atoms with Crippen LogP contribution in [-0.2, 0) is 0 Å². The number of fused-ring (bicyclic) bond motifs is 18. The molecule has 1 aliphatic carbocycles. The second kappa shape index (κ2) is 14.6. The highest BCUT2D eigenvalue weighted by molar-refractivity contribution is 6.98. The normalized spacial score (nSPS) is 12.7. The summed E-state index contributed by atoms with van der Waals surface area (Å²) in [4.78, 5) is 0. The van der Waals surface area contributed by atoms with Crippen LogP contribution in [0.1, 0.15) is 0 Å². The quantitative estimate of drug-likeness (QED) is 0.165. The van der Waals surface area contributed by atoms with Gasteiger partial charge in [-0.15, -0.1) is 0 Å². The summed E-state index contributed by atoms with van der Waals surface area (Å²) < 4.78 is 18.4. The van der Waals surface area contributed by atoms with Gasteiger partial charge in [-0.1, -0.05) is 158 Å². The Kier molecular flexibility index (Phi) is 7.94. The molecule has 0 bridgehead atoms. The molecule has 2 aromatic heterocycles. The maximum Gasteiger partial charge on any atom is 0.260 e. The first-order chi connectivity index (χ1) is 35.2. The Labute approximate surface area is 409 Å². The molecule has 0 atom stereocenters. The van der Waals surface area contributed by atoms with E-state index in [9.17, 15) is 0 Å². The number of ether oxygens (including phenoxy) is 2. The first-order valence-corrected chi connectivity index (χ1v) is 24.4. The summed E-state index contributed by atoms with van der Waals surface area (Å²) in [6.07, 6.45) is 0. The van der Waals surface area contributed by atoms with E-state index < -0.39 is 0 Å². The fourth-order valence-corrected chi connectivity index (χ4v) is 12.4. The number of nitrogens with zero attached hydrogens (tertiary/aromatic N) is 2. The predicted octanol–water partition coefficient (Wildman–Crippen LogP) is 15.3. The van der Waals surface area contributed by atoms with Gasteiger partial charge in [0.1, 0.15) is 23.0 Å². The lowest BCUT2D eigenvalue weighted by atomic mass is 9.35. The first-order valence-electron chi connectivity index (χ1n) is 24.4. The van der Waals surface area contributed by atoms with Gasteiger partial charge in [0, 0.05) is 38.4 Å². The largest absolute Gasteiger partial charge is 0.458 e. The summed E-state index contributed by atoms with van der Waals surface area (Å²) in [5.41, 5.74) is 22.1. The van der Waals surface area contributed by atoms with Crippen molar-refractivity contribution in [2.75, 3.05) is 0 Å². The second-order valence-electron chi connectivity index (χ2n) is 19.1. The molecule has 0 fully saturated rings. The van der Waals surface area contributed by atoms with Gasteiger partial charge >= 0.3 is 0 Å². The van der Waals surface area contributed by atoms with Crippen molar-refractivity contribution >= 4 is 66.7 Å². The van der Waals surface area contributed by atoms with Crippen LogP contribution in [-0.4, -0.2) is 15.8 Å². The highest BCUT2D eigenvalue weighted by Gasteiger charge is 2.40. The van der Waals surface area contributed by atoms with Crippen LogP contribution in [0, 0.1) is 0 Å². The summed E-state index contributed by atoms with van der Waals surface area (Å²) in [6, 6.07) is 86.4. The van der Waals surface area contributed by atoms with Gasteiger partial charge in [0.05, 0.1) is 22.1 Å². The topological polar surface area (TPSA) is 28.3 Å². The van der Waals surface area contributed by atoms with Gasteiger partial charge < -0.3 is 18.6 Å². The molecule has 0 saturated carbocycles. The van der Waals surface area contributed by atoms with Crippen LogP contribution >= 0.6 is 0 Å². The summed E-state index contributed by atoms with van der Waals surface area (Å²) >= 11 is 0. The number of para-hydroxylation sites is 5. The molecule has 328 valence electrons. The van der Waals surface area contributed by atoms with Crippen LogP contribution in [0.4, 0.5) is 0 Å². The summed E-state index contributed by atoms with van der Waals surface area (Å²) in [5.74, 6) is 3.44. The van der Waals surface area contributed by atoms with Crippen LogP contribution in [0.2, 0.25) is 0 Å². The third-order valence-electron chi connectivity index (χ3n) is 15.4. The highest BCUT2D eigenvalue weighted by Crippen LogP contribution is 2.50. The number of benzene rings is 11. The lowest BCUT2D eigenvalue weighted by Crippen LogP contribution is -2.57. The zero-order chi connectivity index (χ0) is 46.3. The minimum atomic E-state index is 0.0272. The molecule has 13 aromatic rings. The third kappa shape index (κ3) is 5.51. The molecular formula is C66H39BN2O2. The molecule has 2 aliphatic heterocycles. The van der Waals surface area contributed by atoms with Crippen molar-refractivity contribution < 1.29 is 9.47 Å². The smallest absolute Gasteiger partial charge is 0.260 e. The lowest BCUT2D eigenvalue weighted by Gasteiger charge is -2.33. The van der Waals surface area contributed by atoms with Crippen molar-refractivity contribution in [3.63, 3.8) is 0 Å². The second-order valence-corrected chi connectivity index (χ2v) is 19.1. The molecule has 0 amide bonds. The number of aromatic nitrogens is 2. The lowest BCUT2D eigenvalue weighted by molar-refractivity contribution is 0.465. The Bertz CT molecular complexity index is 4320. The molecule has 0 unspecified atom stereocenters. The van der Waals surface area contributed by atoms with Crippen molar-refractivity contribution in [1.29, 1.82) is 0 Å². The molecule has 3 aliphatic rings. The highest BCUT2D eigenvalue weighted by atomic mass is 16.5. The molecule has 71 heavy (non-hydrogen) atoms. The fraction of sp³-hybridized carbons (Fsp3) is 0. The maximum absolute atomic E-state index is 6.76. The summed E-state index contributed by atoms with van der Waals surface area (Å²) in [5, 5.41) is 4.96.